The molecule has 0 unspecified atom stereocenters. The van der Waals surface area contributed by atoms with Gasteiger partial charge in [-0.15, -0.1) is 0 Å². The molecular formula is C17H11BrFNO. The lowest BCUT2D eigenvalue weighted by atomic mass is 9.98. The molecule has 0 heterocycles. The van der Waals surface area contributed by atoms with Crippen LogP contribution in [-0.2, 0) is 0 Å². The lowest BCUT2D eigenvalue weighted by molar-refractivity contribution is 0.103. The van der Waals surface area contributed by atoms with Crippen molar-refractivity contribution in [1.82, 2.24) is 0 Å². The highest BCUT2D eigenvalue weighted by molar-refractivity contribution is 9.10. The van der Waals surface area contributed by atoms with E-state index in [9.17, 15) is 9.18 Å². The normalized spacial score (nSPS) is 10.8. The topological polar surface area (TPSA) is 43.1 Å². The minimum Gasteiger partial charge on any atom is -0.398 e. The van der Waals surface area contributed by atoms with Crippen LogP contribution in [0.4, 0.5) is 10.1 Å². The van der Waals surface area contributed by atoms with Crippen LogP contribution < -0.4 is 5.73 Å². The van der Waals surface area contributed by atoms with E-state index in [2.05, 4.69) is 15.9 Å². The zero-order chi connectivity index (χ0) is 15.0. The summed E-state index contributed by atoms with van der Waals surface area (Å²) in [5.74, 6) is -0.979. The lowest BCUT2D eigenvalue weighted by Gasteiger charge is -2.08. The number of halogens is 2. The number of carbonyl (C=O) groups is 1. The zero-order valence-electron chi connectivity index (χ0n) is 10.9. The average molecular weight is 344 g/mol. The first-order chi connectivity index (χ1) is 10.1. The number of carbonyl (C=O) groups excluding carboxylic acids is 1. The third kappa shape index (κ3) is 2.54. The molecule has 0 fully saturated rings. The van der Waals surface area contributed by atoms with E-state index in [0.29, 0.717) is 15.7 Å². The number of fused-ring (bicyclic) bond motifs is 1. The summed E-state index contributed by atoms with van der Waals surface area (Å²) < 4.78 is 14.5. The van der Waals surface area contributed by atoms with Crippen molar-refractivity contribution < 1.29 is 9.18 Å². The molecule has 2 nitrogen and oxygen atoms in total. The van der Waals surface area contributed by atoms with Gasteiger partial charge in [0.15, 0.2) is 5.78 Å². The summed E-state index contributed by atoms with van der Waals surface area (Å²) in [6.07, 6.45) is 0. The van der Waals surface area contributed by atoms with Gasteiger partial charge in [-0.1, -0.05) is 40.2 Å². The van der Waals surface area contributed by atoms with Crippen LogP contribution in [0.3, 0.4) is 0 Å². The highest BCUT2D eigenvalue weighted by Crippen LogP contribution is 2.26. The summed E-state index contributed by atoms with van der Waals surface area (Å²) >= 11 is 3.25. The molecule has 21 heavy (non-hydrogen) atoms. The van der Waals surface area contributed by atoms with E-state index in [1.165, 1.54) is 12.1 Å². The first-order valence-electron chi connectivity index (χ1n) is 6.34. The predicted molar refractivity (Wildman–Crippen MR) is 85.9 cm³/mol. The second-order valence-corrected chi connectivity index (χ2v) is 5.66. The summed E-state index contributed by atoms with van der Waals surface area (Å²) in [5, 5.41) is 1.84. The minimum absolute atomic E-state index is 0.00589. The van der Waals surface area contributed by atoms with Crippen LogP contribution in [0.5, 0.6) is 0 Å². The molecule has 3 rings (SSSR count). The number of hydrogen-bond acceptors (Lipinski definition) is 2. The Balaban J connectivity index is 2.17. The Morgan fingerprint density at radius 2 is 1.62 bits per heavy atom. The minimum atomic E-state index is -0.559. The molecule has 0 spiro atoms. The smallest absolute Gasteiger partial charge is 0.198 e. The standard InChI is InChI=1S/C17H11BrFNO/c18-12-5-6-15(19)13(9-12)17(21)14-7-10-3-1-2-4-11(10)8-16(14)20/h1-9H,20H2. The fraction of sp³-hybridized carbons (Fsp3) is 0. The largest absolute Gasteiger partial charge is 0.398 e. The second kappa shape index (κ2) is 5.30. The van der Waals surface area contributed by atoms with Gasteiger partial charge in [-0.3, -0.25) is 4.79 Å². The highest BCUT2D eigenvalue weighted by atomic mass is 79.9. The molecule has 0 aliphatic rings. The Morgan fingerprint density at radius 3 is 2.33 bits per heavy atom. The molecule has 4 heteroatoms. The molecule has 0 aliphatic carbocycles. The Labute approximate surface area is 129 Å². The van der Waals surface area contributed by atoms with Gasteiger partial charge in [0, 0.05) is 15.7 Å². The Kier molecular flexibility index (Phi) is 3.47. The molecule has 0 radical (unpaired) electrons. The monoisotopic (exact) mass is 343 g/mol. The van der Waals surface area contributed by atoms with E-state index in [0.717, 1.165) is 10.8 Å². The fourth-order valence-corrected chi connectivity index (χ4v) is 2.63. The van der Waals surface area contributed by atoms with Crippen molar-refractivity contribution in [3.8, 4) is 0 Å². The van der Waals surface area contributed by atoms with Crippen LogP contribution in [0, 0.1) is 5.82 Å². The molecular weight excluding hydrogens is 333 g/mol. The van der Waals surface area contributed by atoms with E-state index in [-0.39, 0.29) is 5.56 Å². The lowest BCUT2D eigenvalue weighted by Crippen LogP contribution is -2.07. The first kappa shape index (κ1) is 13.8. The van der Waals surface area contributed by atoms with Crippen molar-refractivity contribution in [1.29, 1.82) is 0 Å². The number of rotatable bonds is 2. The molecule has 0 aromatic heterocycles. The van der Waals surface area contributed by atoms with E-state index in [4.69, 9.17) is 5.73 Å². The highest BCUT2D eigenvalue weighted by Gasteiger charge is 2.17. The zero-order valence-corrected chi connectivity index (χ0v) is 12.5. The van der Waals surface area contributed by atoms with E-state index in [1.807, 2.05) is 24.3 Å². The summed E-state index contributed by atoms with van der Waals surface area (Å²) in [5.41, 5.74) is 6.62. The third-order valence-electron chi connectivity index (χ3n) is 3.34. The summed E-state index contributed by atoms with van der Waals surface area (Å²) in [4.78, 5) is 12.5. The van der Waals surface area contributed by atoms with Gasteiger partial charge in [0.1, 0.15) is 5.82 Å². The Morgan fingerprint density at radius 1 is 0.952 bits per heavy atom. The fourth-order valence-electron chi connectivity index (χ4n) is 2.27. The van der Waals surface area contributed by atoms with Gasteiger partial charge in [-0.05, 0) is 41.1 Å². The molecule has 0 aliphatic heterocycles. The van der Waals surface area contributed by atoms with Crippen molar-refractivity contribution in [2.45, 2.75) is 0 Å². The number of nitrogens with two attached hydrogens (primary N) is 1. The van der Waals surface area contributed by atoms with Gasteiger partial charge in [-0.2, -0.15) is 0 Å². The van der Waals surface area contributed by atoms with Crippen LogP contribution in [-0.4, -0.2) is 5.78 Å². The van der Waals surface area contributed by atoms with Gasteiger partial charge < -0.3 is 5.73 Å². The average Bonchev–Trinajstić information content (AvgIpc) is 2.48. The van der Waals surface area contributed by atoms with Crippen molar-refractivity contribution in [3.05, 3.63) is 76.0 Å². The van der Waals surface area contributed by atoms with Crippen LogP contribution in [0.25, 0.3) is 10.8 Å². The number of nitrogen functional groups attached to an aromatic ring is 1. The molecule has 0 amide bonds. The van der Waals surface area contributed by atoms with Crippen molar-refractivity contribution in [2.75, 3.05) is 5.73 Å². The van der Waals surface area contributed by atoms with E-state index >= 15 is 0 Å². The second-order valence-electron chi connectivity index (χ2n) is 4.74. The molecule has 0 atom stereocenters. The number of benzene rings is 3. The summed E-state index contributed by atoms with van der Waals surface area (Å²) in [6.45, 7) is 0. The molecule has 3 aromatic rings. The van der Waals surface area contributed by atoms with Crippen molar-refractivity contribution in [3.63, 3.8) is 0 Å². The molecule has 3 aromatic carbocycles. The quantitative estimate of drug-likeness (QED) is 0.547. The number of ketones is 1. The van der Waals surface area contributed by atoms with Gasteiger partial charge in [-0.25, -0.2) is 4.39 Å². The Bertz CT molecular complexity index is 861. The number of hydrogen-bond donors (Lipinski definition) is 1. The van der Waals surface area contributed by atoms with Crippen molar-refractivity contribution >= 4 is 38.2 Å². The molecule has 2 N–H and O–H groups in total. The van der Waals surface area contributed by atoms with Crippen LogP contribution in [0.15, 0.2) is 59.1 Å². The summed E-state index contributed by atoms with van der Waals surface area (Å²) in [7, 11) is 0. The third-order valence-corrected chi connectivity index (χ3v) is 3.83. The SMILES string of the molecule is Nc1cc2ccccc2cc1C(=O)c1cc(Br)ccc1F. The molecule has 0 saturated carbocycles. The van der Waals surface area contributed by atoms with E-state index < -0.39 is 11.6 Å². The van der Waals surface area contributed by atoms with Crippen molar-refractivity contribution in [2.24, 2.45) is 0 Å². The molecule has 0 saturated heterocycles. The maximum atomic E-state index is 13.9. The number of anilines is 1. The maximum absolute atomic E-state index is 13.9. The van der Waals surface area contributed by atoms with Gasteiger partial charge in [0.2, 0.25) is 0 Å². The van der Waals surface area contributed by atoms with Gasteiger partial charge in [0.25, 0.3) is 0 Å². The van der Waals surface area contributed by atoms with E-state index in [1.54, 1.807) is 18.2 Å². The Hall–Kier alpha value is -2.20. The van der Waals surface area contributed by atoms with Crippen LogP contribution in [0.2, 0.25) is 0 Å². The van der Waals surface area contributed by atoms with Crippen LogP contribution in [0.1, 0.15) is 15.9 Å². The predicted octanol–water partition coefficient (Wildman–Crippen LogP) is 4.55. The molecule has 0 bridgehead atoms. The molecule has 104 valence electrons. The maximum Gasteiger partial charge on any atom is 0.198 e. The first-order valence-corrected chi connectivity index (χ1v) is 7.13. The van der Waals surface area contributed by atoms with Gasteiger partial charge in [0.05, 0.1) is 5.56 Å². The van der Waals surface area contributed by atoms with Gasteiger partial charge >= 0.3 is 0 Å². The van der Waals surface area contributed by atoms with Crippen LogP contribution >= 0.6 is 15.9 Å². The summed E-state index contributed by atoms with van der Waals surface area (Å²) in [6, 6.07) is 15.3.